The van der Waals surface area contributed by atoms with Crippen LogP contribution in [0.3, 0.4) is 0 Å². The van der Waals surface area contributed by atoms with E-state index in [0.717, 1.165) is 81.3 Å². The second-order valence-corrected chi connectivity index (χ2v) is 15.2. The van der Waals surface area contributed by atoms with Gasteiger partial charge >= 0.3 is 0 Å². The molecule has 2 heterocycles. The van der Waals surface area contributed by atoms with Crippen molar-refractivity contribution in [1.82, 2.24) is 4.98 Å². The normalized spacial score (nSPS) is 13.1. The number of pyridine rings is 1. The number of allylic oxidation sites excluding steroid dienone is 2. The second-order valence-electron chi connectivity index (χ2n) is 15.2. The zero-order chi connectivity index (χ0) is 38.1. The van der Waals surface area contributed by atoms with Crippen molar-refractivity contribution < 1.29 is 34.4 Å². The van der Waals surface area contributed by atoms with Crippen LogP contribution in [0.1, 0.15) is 83.9 Å². The first-order valence-electron chi connectivity index (χ1n) is 19.5. The summed E-state index contributed by atoms with van der Waals surface area (Å²) in [5, 5.41) is 13.2. The van der Waals surface area contributed by atoms with E-state index in [9.17, 15) is 9.90 Å². The van der Waals surface area contributed by atoms with Crippen LogP contribution < -0.4 is 0 Å². The Kier molecular flexibility index (Phi) is 12.0. The molecule has 7 aromatic rings. The number of aliphatic hydroxyl groups is 1. The van der Waals surface area contributed by atoms with Gasteiger partial charge < -0.3 is 9.52 Å². The fourth-order valence-corrected chi connectivity index (χ4v) is 8.19. The van der Waals surface area contributed by atoms with E-state index in [2.05, 4.69) is 124 Å². The molecule has 4 nitrogen and oxygen atoms in total. The van der Waals surface area contributed by atoms with E-state index in [-0.39, 0.29) is 48.9 Å². The van der Waals surface area contributed by atoms with Crippen molar-refractivity contribution in [2.45, 2.75) is 79.6 Å². The predicted molar refractivity (Wildman–Crippen MR) is 225 cm³/mol. The van der Waals surface area contributed by atoms with Crippen molar-refractivity contribution in [3.8, 4) is 33.5 Å². The number of aliphatic hydroxyl groups excluding tert-OH is 1. The third-order valence-electron chi connectivity index (χ3n) is 11.5. The molecule has 0 unspecified atom stereocenters. The SMILES string of the molecule is CCC(CC)C(=O)/C=C(\O)C(CC)CC.Cc1ccc2nc3c(cc2c1)C(C)(C)c1ccc(-c2ccccc2)c2oc4c(-c5ccccc5)c[c-]c-3c4c12.[Ir]. The third kappa shape index (κ3) is 7.33. The Morgan fingerprint density at radius 3 is 1.98 bits per heavy atom. The van der Waals surface area contributed by atoms with Crippen LogP contribution in [0.4, 0.5) is 0 Å². The zero-order valence-electron chi connectivity index (χ0n) is 32.9. The summed E-state index contributed by atoms with van der Waals surface area (Å²) in [6, 6.07) is 40.2. The number of hydrogen-bond acceptors (Lipinski definition) is 4. The van der Waals surface area contributed by atoms with E-state index < -0.39 is 0 Å². The van der Waals surface area contributed by atoms with Crippen molar-refractivity contribution in [2.75, 3.05) is 0 Å². The van der Waals surface area contributed by atoms with Crippen molar-refractivity contribution in [2.24, 2.45) is 11.8 Å². The van der Waals surface area contributed by atoms with Gasteiger partial charge in [0.1, 0.15) is 5.58 Å². The van der Waals surface area contributed by atoms with Gasteiger partial charge in [0.05, 0.1) is 16.9 Å². The summed E-state index contributed by atoms with van der Waals surface area (Å²) in [4.78, 5) is 17.0. The Labute approximate surface area is 339 Å². The molecule has 2 aromatic heterocycles. The number of fused-ring (bicyclic) bond motifs is 3. The van der Waals surface area contributed by atoms with Gasteiger partial charge in [0.2, 0.25) is 0 Å². The minimum absolute atomic E-state index is 0. The van der Waals surface area contributed by atoms with Crippen LogP contribution in [-0.2, 0) is 30.3 Å². The molecule has 8 rings (SSSR count). The molecular formula is C50H50IrNO3-. The van der Waals surface area contributed by atoms with Gasteiger partial charge in [-0.15, -0.1) is 17.7 Å². The van der Waals surface area contributed by atoms with E-state index in [0.29, 0.717) is 0 Å². The van der Waals surface area contributed by atoms with Gasteiger partial charge in [-0.25, -0.2) is 0 Å². The van der Waals surface area contributed by atoms with Crippen molar-refractivity contribution >= 4 is 38.6 Å². The van der Waals surface area contributed by atoms with E-state index in [4.69, 9.17) is 9.40 Å². The average molecular weight is 905 g/mol. The minimum atomic E-state index is -0.301. The number of carbonyl (C=O) groups excluding carboxylic acids is 1. The Bertz CT molecular complexity index is 2500. The Morgan fingerprint density at radius 1 is 0.764 bits per heavy atom. The quantitative estimate of drug-likeness (QED) is 0.0890. The van der Waals surface area contributed by atoms with Gasteiger partial charge in [-0.2, -0.15) is 0 Å². The van der Waals surface area contributed by atoms with E-state index in [1.165, 1.54) is 33.5 Å². The molecule has 55 heavy (non-hydrogen) atoms. The number of carbonyl (C=O) groups is 1. The number of benzene rings is 5. The predicted octanol–water partition coefficient (Wildman–Crippen LogP) is 13.8. The first-order valence-corrected chi connectivity index (χ1v) is 19.5. The minimum Gasteiger partial charge on any atom is -0.512 e. The maximum atomic E-state index is 11.7. The molecule has 0 atom stereocenters. The summed E-state index contributed by atoms with van der Waals surface area (Å²) in [6.07, 6.45) is 4.91. The first-order chi connectivity index (χ1) is 26.1. The molecule has 0 aliphatic heterocycles. The Hall–Kier alpha value is -4.83. The molecule has 0 saturated carbocycles. The summed E-state index contributed by atoms with van der Waals surface area (Å²) >= 11 is 0. The van der Waals surface area contributed by atoms with Crippen LogP contribution in [0.25, 0.3) is 66.4 Å². The molecule has 0 bridgehead atoms. The number of aromatic nitrogens is 1. The summed E-state index contributed by atoms with van der Waals surface area (Å²) in [5.74, 6) is 0.547. The van der Waals surface area contributed by atoms with Crippen LogP contribution in [0.15, 0.2) is 119 Å². The van der Waals surface area contributed by atoms with Crippen LogP contribution in [0, 0.1) is 24.8 Å². The smallest absolute Gasteiger partial charge is 0.162 e. The molecule has 283 valence electrons. The van der Waals surface area contributed by atoms with Crippen LogP contribution in [-0.4, -0.2) is 15.9 Å². The van der Waals surface area contributed by atoms with Crippen molar-refractivity contribution in [1.29, 1.82) is 0 Å². The number of rotatable bonds is 9. The molecule has 0 spiro atoms. The fraction of sp³-hybridized carbons (Fsp3) is 0.280. The monoisotopic (exact) mass is 905 g/mol. The summed E-state index contributed by atoms with van der Waals surface area (Å²) in [7, 11) is 0. The van der Waals surface area contributed by atoms with Gasteiger partial charge in [0.25, 0.3) is 0 Å². The Balaban J connectivity index is 0.000000276. The average Bonchev–Trinajstić information content (AvgIpc) is 3.56. The summed E-state index contributed by atoms with van der Waals surface area (Å²) in [5.41, 5.74) is 12.6. The summed E-state index contributed by atoms with van der Waals surface area (Å²) < 4.78 is 6.94. The molecule has 0 fully saturated rings. The van der Waals surface area contributed by atoms with E-state index in [1.54, 1.807) is 0 Å². The number of nitrogens with zero attached hydrogens (tertiary/aromatic N) is 1. The number of hydrogen-bond donors (Lipinski definition) is 1. The van der Waals surface area contributed by atoms with Gasteiger partial charge in [-0.3, -0.25) is 9.78 Å². The van der Waals surface area contributed by atoms with E-state index >= 15 is 0 Å². The molecule has 1 N–H and O–H groups in total. The first kappa shape index (κ1) is 39.9. The topological polar surface area (TPSA) is 63.3 Å². The van der Waals surface area contributed by atoms with Crippen molar-refractivity contribution in [3.63, 3.8) is 0 Å². The third-order valence-corrected chi connectivity index (χ3v) is 11.5. The van der Waals surface area contributed by atoms with Crippen LogP contribution in [0.5, 0.6) is 0 Å². The fourth-order valence-electron chi connectivity index (χ4n) is 8.19. The standard InChI is InChI=1S/C37H26NO.C13H24O2.Ir/c1-22-14-19-31-25(20-22)21-30-34(38-31)28-16-15-26(23-10-6-4-7-11-23)35-32(28)33-29(37(30,2)3)18-17-27(36(33)39-35)24-12-8-5-9-13-24;1-5-10(6-2)12(14)9-13(15)11(7-3)8-4;/h4-15,17-21H,1-3H3;9-11,14H,5-8H2,1-4H3;/q-1;;/b;12-9-;. The van der Waals surface area contributed by atoms with Crippen molar-refractivity contribution in [3.05, 3.63) is 138 Å². The molecule has 0 saturated heterocycles. The number of aryl methyl sites for hydroxylation is 1. The molecule has 1 radical (unpaired) electrons. The van der Waals surface area contributed by atoms with E-state index in [1.807, 2.05) is 33.8 Å². The summed E-state index contributed by atoms with van der Waals surface area (Å²) in [6.45, 7) is 14.8. The maximum absolute atomic E-state index is 11.7. The molecule has 5 aromatic carbocycles. The van der Waals surface area contributed by atoms with Gasteiger partial charge in [-0.1, -0.05) is 154 Å². The number of ketones is 1. The molecular weight excluding hydrogens is 855 g/mol. The van der Waals surface area contributed by atoms with Crippen LogP contribution in [0.2, 0.25) is 0 Å². The molecule has 1 aliphatic carbocycles. The van der Waals surface area contributed by atoms with Gasteiger partial charge in [0, 0.05) is 49.0 Å². The molecule has 1 aliphatic rings. The molecule has 5 heteroatoms. The van der Waals surface area contributed by atoms with Gasteiger partial charge in [0.15, 0.2) is 5.78 Å². The Morgan fingerprint density at radius 2 is 1.36 bits per heavy atom. The maximum Gasteiger partial charge on any atom is 0.162 e. The molecule has 0 amide bonds. The largest absolute Gasteiger partial charge is 0.512 e. The van der Waals surface area contributed by atoms with Gasteiger partial charge in [-0.05, 0) is 72.3 Å². The zero-order valence-corrected chi connectivity index (χ0v) is 35.3. The number of furan rings is 1. The second kappa shape index (κ2) is 16.5. The van der Waals surface area contributed by atoms with Crippen LogP contribution >= 0.6 is 0 Å².